The van der Waals surface area contributed by atoms with Gasteiger partial charge in [-0.25, -0.2) is 9.97 Å². The normalized spacial score (nSPS) is 15.8. The van der Waals surface area contributed by atoms with E-state index in [-0.39, 0.29) is 17.9 Å². The summed E-state index contributed by atoms with van der Waals surface area (Å²) in [7, 11) is 0. The monoisotopic (exact) mass is 514 g/mol. The van der Waals surface area contributed by atoms with Crippen LogP contribution >= 0.6 is 0 Å². The Morgan fingerprint density at radius 3 is 2.37 bits per heavy atom. The van der Waals surface area contributed by atoms with Crippen molar-refractivity contribution in [3.8, 4) is 11.4 Å². The number of benzene rings is 1. The Labute approximate surface area is 225 Å². The van der Waals surface area contributed by atoms with E-state index in [4.69, 9.17) is 0 Å². The molecule has 200 valence electrons. The van der Waals surface area contributed by atoms with Gasteiger partial charge in [-0.2, -0.15) is 0 Å². The molecule has 0 unspecified atom stereocenters. The molecule has 3 aromatic rings. The number of aromatic nitrogens is 4. The van der Waals surface area contributed by atoms with E-state index in [0.29, 0.717) is 49.3 Å². The van der Waals surface area contributed by atoms with Crippen LogP contribution in [0.2, 0.25) is 0 Å². The van der Waals surface area contributed by atoms with Gasteiger partial charge in [0.05, 0.1) is 11.7 Å². The second kappa shape index (κ2) is 12.2. The number of rotatable bonds is 8. The van der Waals surface area contributed by atoms with Crippen LogP contribution in [0.15, 0.2) is 48.8 Å². The molecule has 1 fully saturated rings. The van der Waals surface area contributed by atoms with Gasteiger partial charge in [0.25, 0.3) is 5.91 Å². The first-order valence-corrected chi connectivity index (χ1v) is 13.5. The molecule has 2 aromatic heterocycles. The third-order valence-electron chi connectivity index (χ3n) is 6.79. The highest BCUT2D eigenvalue weighted by molar-refractivity contribution is 5.93. The molecule has 3 heterocycles. The van der Waals surface area contributed by atoms with Crippen LogP contribution in [0.3, 0.4) is 0 Å². The van der Waals surface area contributed by atoms with Gasteiger partial charge in [0, 0.05) is 32.3 Å². The van der Waals surface area contributed by atoms with Crippen molar-refractivity contribution >= 4 is 11.8 Å². The highest BCUT2D eigenvalue weighted by Crippen LogP contribution is 2.24. The van der Waals surface area contributed by atoms with Crippen molar-refractivity contribution in [2.45, 2.75) is 59.9 Å². The molecule has 0 N–H and O–H groups in total. The first kappa shape index (κ1) is 27.4. The molecule has 8 nitrogen and oxygen atoms in total. The van der Waals surface area contributed by atoms with E-state index in [2.05, 4.69) is 60.0 Å². The molecule has 0 saturated carbocycles. The van der Waals surface area contributed by atoms with Crippen molar-refractivity contribution in [1.82, 2.24) is 30.0 Å². The Hall–Kier alpha value is -3.68. The highest BCUT2D eigenvalue weighted by Gasteiger charge is 2.32. The number of carbonyl (C=O) groups is 2. The third-order valence-corrected chi connectivity index (χ3v) is 6.79. The molecule has 8 heteroatoms. The van der Waals surface area contributed by atoms with E-state index >= 15 is 0 Å². The predicted molar refractivity (Wildman–Crippen MR) is 147 cm³/mol. The molecular formula is C30H38N6O2. The second-order valence-electron chi connectivity index (χ2n) is 11.0. The van der Waals surface area contributed by atoms with Gasteiger partial charge in [0.2, 0.25) is 5.91 Å². The van der Waals surface area contributed by atoms with Gasteiger partial charge in [0.1, 0.15) is 12.0 Å². The molecular weight excluding hydrogens is 476 g/mol. The minimum Gasteiger partial charge on any atom is -0.336 e. The van der Waals surface area contributed by atoms with Gasteiger partial charge >= 0.3 is 0 Å². The fraction of sp³-hybridized carbons (Fsp3) is 0.467. The molecule has 2 amide bonds. The molecule has 0 bridgehead atoms. The molecule has 1 aliphatic heterocycles. The van der Waals surface area contributed by atoms with E-state index in [1.807, 2.05) is 35.2 Å². The number of nitrogens with zero attached hydrogens (tertiary/aromatic N) is 6. The van der Waals surface area contributed by atoms with E-state index in [1.165, 1.54) is 0 Å². The van der Waals surface area contributed by atoms with Crippen molar-refractivity contribution in [2.75, 3.05) is 19.6 Å². The average Bonchev–Trinajstić information content (AvgIpc) is 2.88. The predicted octanol–water partition coefficient (Wildman–Crippen LogP) is 4.25. The summed E-state index contributed by atoms with van der Waals surface area (Å²) in [6.45, 7) is 11.6. The van der Waals surface area contributed by atoms with Crippen LogP contribution in [0.1, 0.15) is 61.9 Å². The number of hydrogen-bond donors (Lipinski definition) is 0. The van der Waals surface area contributed by atoms with Crippen LogP contribution in [0.4, 0.5) is 0 Å². The zero-order valence-electron chi connectivity index (χ0n) is 23.1. The Morgan fingerprint density at radius 1 is 0.947 bits per heavy atom. The molecule has 4 rings (SSSR count). The average molecular weight is 515 g/mol. The molecule has 1 aliphatic rings. The Kier molecular flexibility index (Phi) is 8.81. The summed E-state index contributed by atoms with van der Waals surface area (Å²) in [5, 5.41) is 8.89. The zero-order valence-corrected chi connectivity index (χ0v) is 23.1. The fourth-order valence-electron chi connectivity index (χ4n) is 5.08. The van der Waals surface area contributed by atoms with Crippen molar-refractivity contribution in [3.63, 3.8) is 0 Å². The minimum absolute atomic E-state index is 0.0306. The molecule has 0 radical (unpaired) electrons. The van der Waals surface area contributed by atoms with Gasteiger partial charge in [-0.3, -0.25) is 9.59 Å². The summed E-state index contributed by atoms with van der Waals surface area (Å²) in [5.41, 5.74) is 4.83. The zero-order chi connectivity index (χ0) is 27.2. The Morgan fingerprint density at radius 2 is 1.68 bits per heavy atom. The lowest BCUT2D eigenvalue weighted by Crippen LogP contribution is -2.57. The smallest absolute Gasteiger partial charge is 0.274 e. The van der Waals surface area contributed by atoms with Crippen molar-refractivity contribution in [3.05, 3.63) is 71.3 Å². The lowest BCUT2D eigenvalue weighted by molar-refractivity contribution is -0.133. The van der Waals surface area contributed by atoms with Gasteiger partial charge in [-0.05, 0) is 54.4 Å². The lowest BCUT2D eigenvalue weighted by atomic mass is 9.98. The summed E-state index contributed by atoms with van der Waals surface area (Å²) in [6, 6.07) is 13.8. The summed E-state index contributed by atoms with van der Waals surface area (Å²) < 4.78 is 0. The first-order chi connectivity index (χ1) is 18.2. The third kappa shape index (κ3) is 6.79. The van der Waals surface area contributed by atoms with Crippen LogP contribution < -0.4 is 0 Å². The van der Waals surface area contributed by atoms with E-state index in [9.17, 15) is 9.59 Å². The Bertz CT molecular complexity index is 1260. The maximum atomic E-state index is 13.6. The van der Waals surface area contributed by atoms with Crippen molar-refractivity contribution in [2.24, 2.45) is 11.8 Å². The summed E-state index contributed by atoms with van der Waals surface area (Å²) >= 11 is 0. The van der Waals surface area contributed by atoms with E-state index in [1.54, 1.807) is 18.2 Å². The second-order valence-corrected chi connectivity index (χ2v) is 11.0. The molecule has 0 spiro atoms. The van der Waals surface area contributed by atoms with Gasteiger partial charge < -0.3 is 9.80 Å². The molecule has 1 aromatic carbocycles. The SMILES string of the molecule is CC(=O)N1CCN(C(=O)c2cc(CC(C)C)c(-c3cc(CC(C)C)ncn3)nn2)C[C@@H]1Cc1ccccc1. The van der Waals surface area contributed by atoms with Crippen LogP contribution in [-0.4, -0.2) is 67.5 Å². The number of hydrogen-bond acceptors (Lipinski definition) is 6. The maximum Gasteiger partial charge on any atom is 0.274 e. The molecule has 1 saturated heterocycles. The van der Waals surface area contributed by atoms with E-state index < -0.39 is 0 Å². The summed E-state index contributed by atoms with van der Waals surface area (Å²) in [6.07, 6.45) is 3.88. The first-order valence-electron chi connectivity index (χ1n) is 13.5. The van der Waals surface area contributed by atoms with Crippen LogP contribution in [0.5, 0.6) is 0 Å². The van der Waals surface area contributed by atoms with Crippen LogP contribution in [0, 0.1) is 11.8 Å². The van der Waals surface area contributed by atoms with Crippen LogP contribution in [-0.2, 0) is 24.1 Å². The van der Waals surface area contributed by atoms with Gasteiger partial charge in [0.15, 0.2) is 5.69 Å². The quantitative estimate of drug-likeness (QED) is 0.446. The topological polar surface area (TPSA) is 92.2 Å². The molecule has 38 heavy (non-hydrogen) atoms. The Balaban J connectivity index is 1.59. The lowest BCUT2D eigenvalue weighted by Gasteiger charge is -2.41. The van der Waals surface area contributed by atoms with Gasteiger partial charge in [-0.1, -0.05) is 58.0 Å². The molecule has 0 aliphatic carbocycles. The number of piperazine rings is 1. The van der Waals surface area contributed by atoms with Crippen LogP contribution in [0.25, 0.3) is 11.4 Å². The van der Waals surface area contributed by atoms with Gasteiger partial charge in [-0.15, -0.1) is 10.2 Å². The van der Waals surface area contributed by atoms with E-state index in [0.717, 1.165) is 35.4 Å². The molecule has 1 atom stereocenters. The fourth-order valence-corrected chi connectivity index (χ4v) is 5.08. The standard InChI is InChI=1S/C30H38N6O2/c1-20(2)13-24-16-28(33-34-29(24)27-17-25(14-21(3)4)31-19-32-27)30(38)35-11-12-36(22(5)37)26(18-35)15-23-9-7-6-8-10-23/h6-10,16-17,19-21,26H,11-15,18H2,1-5H3/t26-/m0/s1. The number of amides is 2. The highest BCUT2D eigenvalue weighted by atomic mass is 16.2. The minimum atomic E-state index is -0.154. The maximum absolute atomic E-state index is 13.6. The summed E-state index contributed by atoms with van der Waals surface area (Å²) in [5.74, 6) is 0.724. The number of carbonyl (C=O) groups excluding carboxylic acids is 2. The largest absolute Gasteiger partial charge is 0.336 e. The van der Waals surface area contributed by atoms with Crippen molar-refractivity contribution < 1.29 is 9.59 Å². The van der Waals surface area contributed by atoms with Crippen molar-refractivity contribution in [1.29, 1.82) is 0 Å². The summed E-state index contributed by atoms with van der Waals surface area (Å²) in [4.78, 5) is 38.5.